The van der Waals surface area contributed by atoms with Gasteiger partial charge in [-0.25, -0.2) is 0 Å². The molecule has 1 rings (SSSR count). The highest BCUT2D eigenvalue weighted by Crippen LogP contribution is 2.08. The Morgan fingerprint density at radius 1 is 1.35 bits per heavy atom. The summed E-state index contributed by atoms with van der Waals surface area (Å²) >= 11 is 0. The first-order chi connectivity index (χ1) is 9.43. The van der Waals surface area contributed by atoms with E-state index in [2.05, 4.69) is 22.3 Å². The summed E-state index contributed by atoms with van der Waals surface area (Å²) in [4.78, 5) is 14.1. The van der Waals surface area contributed by atoms with Gasteiger partial charge in [0.1, 0.15) is 0 Å². The molecule has 0 aliphatic heterocycles. The second-order valence-electron chi connectivity index (χ2n) is 5.69. The van der Waals surface area contributed by atoms with E-state index in [4.69, 9.17) is 5.73 Å². The van der Waals surface area contributed by atoms with Gasteiger partial charge in [-0.15, -0.1) is 0 Å². The number of carbonyl (C=O) groups excluding carboxylic acids is 1. The molecule has 0 saturated heterocycles. The largest absolute Gasteiger partial charge is 0.351 e. The van der Waals surface area contributed by atoms with Gasteiger partial charge >= 0.3 is 0 Å². The summed E-state index contributed by atoms with van der Waals surface area (Å²) in [6, 6.07) is 7.83. The second kappa shape index (κ2) is 8.02. The molecule has 0 spiro atoms. The van der Waals surface area contributed by atoms with E-state index in [0.29, 0.717) is 6.54 Å². The van der Waals surface area contributed by atoms with Crippen LogP contribution in [0.4, 0.5) is 0 Å². The molecule has 1 aromatic carbocycles. The molecule has 0 aliphatic carbocycles. The fraction of sp³-hybridized carbons (Fsp3) is 0.562. The number of carbonyl (C=O) groups is 1. The highest BCUT2D eigenvalue weighted by Gasteiger charge is 2.18. The van der Waals surface area contributed by atoms with Crippen molar-refractivity contribution in [2.24, 2.45) is 11.7 Å². The Morgan fingerprint density at radius 3 is 2.60 bits per heavy atom. The Kier molecular flexibility index (Phi) is 6.68. The zero-order valence-electron chi connectivity index (χ0n) is 13.0. The van der Waals surface area contributed by atoms with Crippen molar-refractivity contribution in [3.8, 4) is 0 Å². The topological polar surface area (TPSA) is 58.4 Å². The van der Waals surface area contributed by atoms with Gasteiger partial charge in [-0.2, -0.15) is 0 Å². The Bertz CT molecular complexity index is 431. The van der Waals surface area contributed by atoms with E-state index in [1.54, 1.807) is 0 Å². The summed E-state index contributed by atoms with van der Waals surface area (Å²) in [5.41, 5.74) is 8.26. The van der Waals surface area contributed by atoms with E-state index in [1.807, 2.05) is 40.1 Å². The lowest BCUT2D eigenvalue weighted by Gasteiger charge is -2.18. The van der Waals surface area contributed by atoms with Gasteiger partial charge in [0.25, 0.3) is 0 Å². The van der Waals surface area contributed by atoms with Gasteiger partial charge < -0.3 is 16.0 Å². The maximum Gasteiger partial charge on any atom is 0.237 e. The smallest absolute Gasteiger partial charge is 0.237 e. The molecule has 0 saturated carbocycles. The Morgan fingerprint density at radius 2 is 2.00 bits per heavy atom. The predicted octanol–water partition coefficient (Wildman–Crippen LogP) is 1.74. The summed E-state index contributed by atoms with van der Waals surface area (Å²) in [6.45, 7) is 5.48. The SMILES string of the molecule is CCC(C)C(N)C(=O)NCc1cccc(CN(C)C)c1. The van der Waals surface area contributed by atoms with Crippen molar-refractivity contribution in [1.29, 1.82) is 0 Å². The van der Waals surface area contributed by atoms with Gasteiger partial charge in [0.2, 0.25) is 5.91 Å². The van der Waals surface area contributed by atoms with Crippen LogP contribution in [0.15, 0.2) is 24.3 Å². The van der Waals surface area contributed by atoms with Crippen LogP contribution in [0.1, 0.15) is 31.4 Å². The summed E-state index contributed by atoms with van der Waals surface area (Å²) in [6.07, 6.45) is 0.910. The quantitative estimate of drug-likeness (QED) is 0.798. The monoisotopic (exact) mass is 277 g/mol. The molecule has 3 N–H and O–H groups in total. The van der Waals surface area contributed by atoms with Crippen LogP contribution >= 0.6 is 0 Å². The maximum absolute atomic E-state index is 11.9. The fourth-order valence-corrected chi connectivity index (χ4v) is 2.02. The summed E-state index contributed by atoms with van der Waals surface area (Å²) < 4.78 is 0. The van der Waals surface area contributed by atoms with Crippen LogP contribution in [0.3, 0.4) is 0 Å². The highest BCUT2D eigenvalue weighted by molar-refractivity contribution is 5.81. The molecule has 1 amide bonds. The molecule has 20 heavy (non-hydrogen) atoms. The first-order valence-electron chi connectivity index (χ1n) is 7.19. The van der Waals surface area contributed by atoms with E-state index in [0.717, 1.165) is 18.5 Å². The average molecular weight is 277 g/mol. The molecule has 0 fully saturated rings. The molecule has 2 atom stereocenters. The van der Waals surface area contributed by atoms with Crippen LogP contribution in [0, 0.1) is 5.92 Å². The number of nitrogens with one attached hydrogen (secondary N) is 1. The number of amides is 1. The third-order valence-corrected chi connectivity index (χ3v) is 3.52. The molecule has 0 radical (unpaired) electrons. The Hall–Kier alpha value is -1.39. The molecule has 0 aliphatic rings. The summed E-state index contributed by atoms with van der Waals surface area (Å²) in [5, 5.41) is 2.92. The minimum absolute atomic E-state index is 0.0719. The van der Waals surface area contributed by atoms with Crippen molar-refractivity contribution in [2.45, 2.75) is 39.4 Å². The van der Waals surface area contributed by atoms with Crippen LogP contribution in [-0.4, -0.2) is 30.9 Å². The van der Waals surface area contributed by atoms with E-state index < -0.39 is 6.04 Å². The van der Waals surface area contributed by atoms with Gasteiger partial charge in [-0.3, -0.25) is 4.79 Å². The van der Waals surface area contributed by atoms with Gasteiger partial charge in [0.15, 0.2) is 0 Å². The lowest BCUT2D eigenvalue weighted by Crippen LogP contribution is -2.44. The number of hydrogen-bond donors (Lipinski definition) is 2. The number of benzene rings is 1. The first-order valence-corrected chi connectivity index (χ1v) is 7.19. The van der Waals surface area contributed by atoms with E-state index in [1.165, 1.54) is 5.56 Å². The van der Waals surface area contributed by atoms with Crippen LogP contribution < -0.4 is 11.1 Å². The highest BCUT2D eigenvalue weighted by atomic mass is 16.2. The van der Waals surface area contributed by atoms with E-state index in [-0.39, 0.29) is 11.8 Å². The molecule has 1 aromatic rings. The van der Waals surface area contributed by atoms with Gasteiger partial charge in [-0.1, -0.05) is 44.5 Å². The number of nitrogens with zero attached hydrogens (tertiary/aromatic N) is 1. The molecule has 2 unspecified atom stereocenters. The van der Waals surface area contributed by atoms with Gasteiger partial charge in [0.05, 0.1) is 6.04 Å². The molecule has 0 bridgehead atoms. The van der Waals surface area contributed by atoms with Crippen LogP contribution in [-0.2, 0) is 17.9 Å². The molecule has 112 valence electrons. The van der Waals surface area contributed by atoms with Crippen molar-refractivity contribution in [1.82, 2.24) is 10.2 Å². The van der Waals surface area contributed by atoms with Crippen molar-refractivity contribution in [2.75, 3.05) is 14.1 Å². The summed E-state index contributed by atoms with van der Waals surface area (Å²) in [5.74, 6) is 0.132. The van der Waals surface area contributed by atoms with Crippen LogP contribution in [0.25, 0.3) is 0 Å². The van der Waals surface area contributed by atoms with Gasteiger partial charge in [-0.05, 0) is 31.1 Å². The summed E-state index contributed by atoms with van der Waals surface area (Å²) in [7, 11) is 4.08. The second-order valence-corrected chi connectivity index (χ2v) is 5.69. The zero-order valence-corrected chi connectivity index (χ0v) is 13.0. The molecule has 0 heterocycles. The Balaban J connectivity index is 2.55. The van der Waals surface area contributed by atoms with E-state index >= 15 is 0 Å². The third-order valence-electron chi connectivity index (χ3n) is 3.52. The first kappa shape index (κ1) is 16.7. The van der Waals surface area contributed by atoms with Crippen molar-refractivity contribution in [3.63, 3.8) is 0 Å². The fourth-order valence-electron chi connectivity index (χ4n) is 2.02. The van der Waals surface area contributed by atoms with E-state index in [9.17, 15) is 4.79 Å². The van der Waals surface area contributed by atoms with Crippen LogP contribution in [0.5, 0.6) is 0 Å². The maximum atomic E-state index is 11.9. The molecular formula is C16H27N3O. The number of nitrogens with two attached hydrogens (primary N) is 1. The lowest BCUT2D eigenvalue weighted by atomic mass is 9.99. The zero-order chi connectivity index (χ0) is 15.1. The average Bonchev–Trinajstić information content (AvgIpc) is 2.42. The predicted molar refractivity (Wildman–Crippen MR) is 83.1 cm³/mol. The standard InChI is InChI=1S/C16H27N3O/c1-5-12(2)15(17)16(20)18-10-13-7-6-8-14(9-13)11-19(3)4/h6-9,12,15H,5,10-11,17H2,1-4H3,(H,18,20). The Labute approximate surface area is 122 Å². The minimum Gasteiger partial charge on any atom is -0.351 e. The van der Waals surface area contributed by atoms with Gasteiger partial charge in [0, 0.05) is 13.1 Å². The van der Waals surface area contributed by atoms with Crippen LogP contribution in [0.2, 0.25) is 0 Å². The molecule has 4 nitrogen and oxygen atoms in total. The molecular weight excluding hydrogens is 250 g/mol. The normalized spacial score (nSPS) is 14.1. The minimum atomic E-state index is -0.426. The number of hydrogen-bond acceptors (Lipinski definition) is 3. The lowest BCUT2D eigenvalue weighted by molar-refractivity contribution is -0.123. The van der Waals surface area contributed by atoms with Crippen molar-refractivity contribution >= 4 is 5.91 Å². The molecule has 4 heteroatoms. The van der Waals surface area contributed by atoms with Crippen molar-refractivity contribution in [3.05, 3.63) is 35.4 Å². The molecule has 0 aromatic heterocycles. The number of rotatable bonds is 7. The van der Waals surface area contributed by atoms with Crippen molar-refractivity contribution < 1.29 is 4.79 Å². The third kappa shape index (κ3) is 5.31.